The lowest BCUT2D eigenvalue weighted by atomic mass is 10.5. The summed E-state index contributed by atoms with van der Waals surface area (Å²) in [6.45, 7) is 10.1. The van der Waals surface area contributed by atoms with Gasteiger partial charge >= 0.3 is 0 Å². The van der Waals surface area contributed by atoms with Gasteiger partial charge in [-0.1, -0.05) is 12.2 Å². The lowest BCUT2D eigenvalue weighted by Gasteiger charge is -2.11. The average molecular weight is 174 g/mol. The first-order valence-corrected chi connectivity index (χ1v) is 5.05. The van der Waals surface area contributed by atoms with E-state index in [4.69, 9.17) is 0 Å². The van der Waals surface area contributed by atoms with Gasteiger partial charge in [0.25, 0.3) is 0 Å². The van der Waals surface area contributed by atoms with Crippen molar-refractivity contribution < 1.29 is 8.42 Å². The summed E-state index contributed by atoms with van der Waals surface area (Å²) < 4.78 is 22.7. The minimum atomic E-state index is -3.08. The Balaban J connectivity index is 4.73. The summed E-state index contributed by atoms with van der Waals surface area (Å²) in [7, 11) is -3.08. The van der Waals surface area contributed by atoms with Crippen LogP contribution < -0.4 is 0 Å². The third-order valence-electron chi connectivity index (χ3n) is 1.70. The van der Waals surface area contributed by atoms with E-state index >= 15 is 0 Å². The largest absolute Gasteiger partial charge is 0.228 e. The van der Waals surface area contributed by atoms with Gasteiger partial charge in [0.15, 0.2) is 9.84 Å². The molecule has 2 atom stereocenters. The Morgan fingerprint density at radius 2 is 1.36 bits per heavy atom. The number of rotatable bonds is 4. The highest BCUT2D eigenvalue weighted by Gasteiger charge is 2.22. The van der Waals surface area contributed by atoms with Crippen LogP contribution in [0.3, 0.4) is 0 Å². The quantitative estimate of drug-likeness (QED) is 0.606. The van der Waals surface area contributed by atoms with Crippen molar-refractivity contribution in [3.05, 3.63) is 25.3 Å². The van der Waals surface area contributed by atoms with Crippen molar-refractivity contribution in [3.8, 4) is 0 Å². The maximum atomic E-state index is 11.4. The maximum Gasteiger partial charge on any atom is 0.162 e. The fourth-order valence-corrected chi connectivity index (χ4v) is 1.82. The van der Waals surface area contributed by atoms with E-state index in [1.807, 2.05) is 0 Å². The molecule has 0 unspecified atom stereocenters. The van der Waals surface area contributed by atoms with E-state index in [9.17, 15) is 8.42 Å². The van der Waals surface area contributed by atoms with Crippen LogP contribution in [0, 0.1) is 0 Å². The van der Waals surface area contributed by atoms with E-state index < -0.39 is 20.3 Å². The minimum Gasteiger partial charge on any atom is -0.228 e. The standard InChI is InChI=1S/C8H14O2S/c1-5-7(3)11(9,10)8(4)6-2/h5-8H,1-2H2,3-4H3/t7-,8-/m0/s1. The minimum absolute atomic E-state index is 0.490. The molecule has 0 aliphatic rings. The lowest BCUT2D eigenvalue weighted by Crippen LogP contribution is -2.24. The molecule has 0 amide bonds. The molecule has 0 saturated carbocycles. The molecule has 0 aliphatic heterocycles. The molecule has 0 aromatic heterocycles. The highest BCUT2D eigenvalue weighted by Crippen LogP contribution is 2.10. The molecule has 0 radical (unpaired) electrons. The fourth-order valence-electron chi connectivity index (χ4n) is 0.607. The molecule has 0 fully saturated rings. The van der Waals surface area contributed by atoms with Gasteiger partial charge < -0.3 is 0 Å². The van der Waals surface area contributed by atoms with Crippen LogP contribution >= 0.6 is 0 Å². The zero-order chi connectivity index (χ0) is 9.07. The van der Waals surface area contributed by atoms with Gasteiger partial charge in [-0.2, -0.15) is 0 Å². The Morgan fingerprint density at radius 1 is 1.09 bits per heavy atom. The van der Waals surface area contributed by atoms with Crippen LogP contribution in [-0.4, -0.2) is 18.9 Å². The summed E-state index contributed by atoms with van der Waals surface area (Å²) in [5, 5.41) is -0.981. The number of sulfone groups is 1. The molecule has 0 bridgehead atoms. The van der Waals surface area contributed by atoms with Crippen LogP contribution in [0.5, 0.6) is 0 Å². The monoisotopic (exact) mass is 174 g/mol. The van der Waals surface area contributed by atoms with E-state index in [0.717, 1.165) is 0 Å². The Bertz CT molecular complexity index is 219. The van der Waals surface area contributed by atoms with Crippen LogP contribution in [-0.2, 0) is 9.84 Å². The first-order valence-electron chi connectivity index (χ1n) is 3.44. The van der Waals surface area contributed by atoms with Gasteiger partial charge in [-0.3, -0.25) is 0 Å². The van der Waals surface area contributed by atoms with Crippen molar-refractivity contribution in [2.45, 2.75) is 24.3 Å². The van der Waals surface area contributed by atoms with Crippen LogP contribution in [0.1, 0.15) is 13.8 Å². The van der Waals surface area contributed by atoms with Crippen LogP contribution in [0.25, 0.3) is 0 Å². The summed E-state index contributed by atoms with van der Waals surface area (Å²) >= 11 is 0. The number of hydrogen-bond donors (Lipinski definition) is 0. The van der Waals surface area contributed by atoms with Crippen molar-refractivity contribution in [2.75, 3.05) is 0 Å². The van der Waals surface area contributed by atoms with Gasteiger partial charge in [-0.15, -0.1) is 13.2 Å². The first-order chi connectivity index (χ1) is 4.96. The van der Waals surface area contributed by atoms with Crippen molar-refractivity contribution in [3.63, 3.8) is 0 Å². The van der Waals surface area contributed by atoms with Gasteiger partial charge in [-0.05, 0) is 13.8 Å². The van der Waals surface area contributed by atoms with Crippen LogP contribution in [0.15, 0.2) is 25.3 Å². The highest BCUT2D eigenvalue weighted by atomic mass is 32.2. The molecule has 0 saturated heterocycles. The Labute approximate surface area is 68.5 Å². The predicted octanol–water partition coefficient (Wildman–Crippen LogP) is 1.55. The van der Waals surface area contributed by atoms with E-state index in [1.165, 1.54) is 12.2 Å². The molecule has 64 valence electrons. The Morgan fingerprint density at radius 3 is 1.55 bits per heavy atom. The molecular formula is C8H14O2S. The fraction of sp³-hybridized carbons (Fsp3) is 0.500. The van der Waals surface area contributed by atoms with E-state index in [-0.39, 0.29) is 0 Å². The molecule has 0 heterocycles. The van der Waals surface area contributed by atoms with Crippen LogP contribution in [0.2, 0.25) is 0 Å². The molecule has 3 heteroatoms. The second kappa shape index (κ2) is 3.72. The second-order valence-corrected chi connectivity index (χ2v) is 5.14. The average Bonchev–Trinajstić information content (AvgIpc) is 2.01. The lowest BCUT2D eigenvalue weighted by molar-refractivity contribution is 0.586. The summed E-state index contributed by atoms with van der Waals surface area (Å²) in [4.78, 5) is 0. The Kier molecular flexibility index (Phi) is 3.52. The van der Waals surface area contributed by atoms with Crippen molar-refractivity contribution in [2.24, 2.45) is 0 Å². The summed E-state index contributed by atoms with van der Waals surface area (Å²) in [6.07, 6.45) is 2.85. The SMILES string of the molecule is C=C[C@H](C)S(=O)(=O)[C@@H](C)C=C. The van der Waals surface area contributed by atoms with E-state index in [2.05, 4.69) is 13.2 Å². The first kappa shape index (κ1) is 10.4. The molecule has 0 aromatic carbocycles. The molecule has 0 aromatic rings. The zero-order valence-corrected chi connectivity index (χ0v) is 7.76. The Hall–Kier alpha value is -0.570. The van der Waals surface area contributed by atoms with Crippen molar-refractivity contribution in [1.82, 2.24) is 0 Å². The van der Waals surface area contributed by atoms with E-state index in [1.54, 1.807) is 13.8 Å². The van der Waals surface area contributed by atoms with Crippen LogP contribution in [0.4, 0.5) is 0 Å². The topological polar surface area (TPSA) is 34.1 Å². The molecular weight excluding hydrogens is 160 g/mol. The zero-order valence-electron chi connectivity index (χ0n) is 6.95. The summed E-state index contributed by atoms with van der Waals surface area (Å²) in [5.74, 6) is 0. The third-order valence-corrected chi connectivity index (χ3v) is 4.16. The summed E-state index contributed by atoms with van der Waals surface area (Å²) in [5.41, 5.74) is 0. The third kappa shape index (κ3) is 2.19. The maximum absolute atomic E-state index is 11.4. The highest BCUT2D eigenvalue weighted by molar-refractivity contribution is 7.92. The van der Waals surface area contributed by atoms with Crippen molar-refractivity contribution in [1.29, 1.82) is 0 Å². The van der Waals surface area contributed by atoms with Gasteiger partial charge in [-0.25, -0.2) is 8.42 Å². The molecule has 0 aliphatic carbocycles. The van der Waals surface area contributed by atoms with Gasteiger partial charge in [0.1, 0.15) is 0 Å². The summed E-state index contributed by atoms with van der Waals surface area (Å²) in [6, 6.07) is 0. The smallest absolute Gasteiger partial charge is 0.162 e. The van der Waals surface area contributed by atoms with Crippen molar-refractivity contribution >= 4 is 9.84 Å². The molecule has 11 heavy (non-hydrogen) atoms. The van der Waals surface area contributed by atoms with E-state index in [0.29, 0.717) is 0 Å². The normalized spacial score (nSPS) is 16.9. The number of hydrogen-bond acceptors (Lipinski definition) is 2. The second-order valence-electron chi connectivity index (χ2n) is 2.47. The van der Waals surface area contributed by atoms with Gasteiger partial charge in [0.2, 0.25) is 0 Å². The predicted molar refractivity (Wildman–Crippen MR) is 48.2 cm³/mol. The molecule has 2 nitrogen and oxygen atoms in total. The molecule has 0 rings (SSSR count). The van der Waals surface area contributed by atoms with Gasteiger partial charge in [0.05, 0.1) is 10.5 Å². The molecule has 0 spiro atoms. The van der Waals surface area contributed by atoms with Gasteiger partial charge in [0, 0.05) is 0 Å². The molecule has 0 N–H and O–H groups in total.